The Kier molecular flexibility index (Phi) is 5.58. The van der Waals surface area contributed by atoms with Gasteiger partial charge in [0.15, 0.2) is 5.76 Å². The van der Waals surface area contributed by atoms with E-state index in [2.05, 4.69) is 24.4 Å². The van der Waals surface area contributed by atoms with Crippen LogP contribution in [0.25, 0.3) is 11.3 Å². The Balaban J connectivity index is 1.98. The Hall–Kier alpha value is -2.07. The molecular formula is C17H22N2O2. The first-order valence-corrected chi connectivity index (χ1v) is 7.42. The predicted octanol–water partition coefficient (Wildman–Crippen LogP) is 2.98. The van der Waals surface area contributed by atoms with Crippen LogP contribution in [0.4, 0.5) is 0 Å². The van der Waals surface area contributed by atoms with E-state index in [4.69, 9.17) is 10.2 Å². The van der Waals surface area contributed by atoms with Gasteiger partial charge < -0.3 is 15.5 Å². The lowest BCUT2D eigenvalue weighted by atomic mass is 10.1. The second-order valence-corrected chi connectivity index (χ2v) is 4.97. The number of furan rings is 1. The summed E-state index contributed by atoms with van der Waals surface area (Å²) in [6.07, 6.45) is 2.80. The lowest BCUT2D eigenvalue weighted by Crippen LogP contribution is -2.24. The molecule has 0 saturated heterocycles. The maximum absolute atomic E-state index is 11.9. The number of benzene rings is 1. The topological polar surface area (TPSA) is 68.3 Å². The highest BCUT2D eigenvalue weighted by molar-refractivity contribution is 5.92. The molecule has 4 heteroatoms. The van der Waals surface area contributed by atoms with Gasteiger partial charge in [0, 0.05) is 12.1 Å². The maximum atomic E-state index is 11.9. The number of rotatable bonds is 7. The van der Waals surface area contributed by atoms with E-state index in [0.29, 0.717) is 24.6 Å². The number of amides is 1. The third-order valence-corrected chi connectivity index (χ3v) is 3.39. The average molecular weight is 286 g/mol. The quantitative estimate of drug-likeness (QED) is 0.769. The van der Waals surface area contributed by atoms with Gasteiger partial charge in [-0.05, 0) is 43.5 Å². The molecule has 0 atom stereocenters. The van der Waals surface area contributed by atoms with Crippen LogP contribution in [0.2, 0.25) is 0 Å². The van der Waals surface area contributed by atoms with Gasteiger partial charge in [0.1, 0.15) is 5.76 Å². The van der Waals surface area contributed by atoms with E-state index >= 15 is 0 Å². The van der Waals surface area contributed by atoms with Crippen molar-refractivity contribution in [1.82, 2.24) is 5.32 Å². The van der Waals surface area contributed by atoms with E-state index in [1.165, 1.54) is 5.56 Å². The van der Waals surface area contributed by atoms with Gasteiger partial charge >= 0.3 is 0 Å². The highest BCUT2D eigenvalue weighted by Gasteiger charge is 2.11. The molecule has 0 bridgehead atoms. The first-order valence-electron chi connectivity index (χ1n) is 7.42. The fourth-order valence-electron chi connectivity index (χ4n) is 2.08. The first-order chi connectivity index (χ1) is 10.2. The van der Waals surface area contributed by atoms with Crippen LogP contribution in [0, 0.1) is 0 Å². The number of hydrogen-bond acceptors (Lipinski definition) is 3. The summed E-state index contributed by atoms with van der Waals surface area (Å²) in [5.74, 6) is 0.880. The fraction of sp³-hybridized carbons (Fsp3) is 0.353. The smallest absolute Gasteiger partial charge is 0.287 e. The lowest BCUT2D eigenvalue weighted by Gasteiger charge is -2.02. The van der Waals surface area contributed by atoms with Crippen LogP contribution in [-0.2, 0) is 6.42 Å². The molecule has 4 nitrogen and oxygen atoms in total. The molecule has 2 aromatic rings. The Labute approximate surface area is 125 Å². The molecule has 112 valence electrons. The highest BCUT2D eigenvalue weighted by atomic mass is 16.3. The summed E-state index contributed by atoms with van der Waals surface area (Å²) in [7, 11) is 0. The maximum Gasteiger partial charge on any atom is 0.287 e. The van der Waals surface area contributed by atoms with Crippen LogP contribution >= 0.6 is 0 Å². The molecule has 0 radical (unpaired) electrons. The normalized spacial score (nSPS) is 10.6. The van der Waals surface area contributed by atoms with Crippen molar-refractivity contribution in [2.24, 2.45) is 5.73 Å². The van der Waals surface area contributed by atoms with Crippen LogP contribution < -0.4 is 11.1 Å². The van der Waals surface area contributed by atoms with Gasteiger partial charge in [-0.3, -0.25) is 4.79 Å². The minimum Gasteiger partial charge on any atom is -0.451 e. The van der Waals surface area contributed by atoms with Gasteiger partial charge in [0.2, 0.25) is 0 Å². The number of aryl methyl sites for hydroxylation is 1. The van der Waals surface area contributed by atoms with Gasteiger partial charge in [-0.2, -0.15) is 0 Å². The molecule has 0 aliphatic carbocycles. The van der Waals surface area contributed by atoms with Crippen molar-refractivity contribution in [1.29, 1.82) is 0 Å². The average Bonchev–Trinajstić information content (AvgIpc) is 3.01. The number of carbonyl (C=O) groups is 1. The Morgan fingerprint density at radius 2 is 1.90 bits per heavy atom. The molecule has 1 heterocycles. The predicted molar refractivity (Wildman–Crippen MR) is 84.1 cm³/mol. The Morgan fingerprint density at radius 1 is 1.14 bits per heavy atom. The summed E-state index contributed by atoms with van der Waals surface area (Å²) in [5, 5.41) is 2.83. The molecule has 21 heavy (non-hydrogen) atoms. The van der Waals surface area contributed by atoms with E-state index in [1.807, 2.05) is 18.2 Å². The molecule has 3 N–H and O–H groups in total. The number of hydrogen-bond donors (Lipinski definition) is 2. The van der Waals surface area contributed by atoms with Crippen molar-refractivity contribution in [3.05, 3.63) is 47.7 Å². The van der Waals surface area contributed by atoms with E-state index in [-0.39, 0.29) is 5.91 Å². The number of unbranched alkanes of at least 4 members (excludes halogenated alkanes) is 1. The second-order valence-electron chi connectivity index (χ2n) is 4.97. The Bertz CT molecular complexity index is 573. The summed E-state index contributed by atoms with van der Waals surface area (Å²) in [5.41, 5.74) is 7.68. The van der Waals surface area contributed by atoms with Gasteiger partial charge in [-0.15, -0.1) is 0 Å². The molecule has 1 aromatic carbocycles. The SMILES string of the molecule is CCc1ccc(-c2ccc(C(=O)NCCCCN)o2)cc1. The molecule has 2 rings (SSSR count). The van der Waals surface area contributed by atoms with Crippen LogP contribution in [0.3, 0.4) is 0 Å². The molecule has 0 aliphatic heterocycles. The molecule has 0 spiro atoms. The summed E-state index contributed by atoms with van der Waals surface area (Å²) < 4.78 is 5.63. The minimum absolute atomic E-state index is 0.177. The third kappa shape index (κ3) is 4.20. The standard InChI is InChI=1S/C17H22N2O2/c1-2-13-5-7-14(8-6-13)15-9-10-16(21-15)17(20)19-12-4-3-11-18/h5-10H,2-4,11-12,18H2,1H3,(H,19,20). The van der Waals surface area contributed by atoms with Crippen molar-refractivity contribution in [3.8, 4) is 11.3 Å². The zero-order valence-electron chi connectivity index (χ0n) is 12.4. The molecular weight excluding hydrogens is 264 g/mol. The van der Waals surface area contributed by atoms with Gasteiger partial charge in [0.05, 0.1) is 0 Å². The number of nitrogens with two attached hydrogens (primary N) is 1. The zero-order valence-corrected chi connectivity index (χ0v) is 12.4. The van der Waals surface area contributed by atoms with Crippen LogP contribution in [0.5, 0.6) is 0 Å². The van der Waals surface area contributed by atoms with E-state index in [1.54, 1.807) is 6.07 Å². The van der Waals surface area contributed by atoms with Crippen molar-refractivity contribution in [3.63, 3.8) is 0 Å². The largest absolute Gasteiger partial charge is 0.451 e. The van der Waals surface area contributed by atoms with Crippen molar-refractivity contribution in [2.75, 3.05) is 13.1 Å². The summed E-state index contributed by atoms with van der Waals surface area (Å²) in [4.78, 5) is 11.9. The van der Waals surface area contributed by atoms with Crippen molar-refractivity contribution < 1.29 is 9.21 Å². The zero-order chi connectivity index (χ0) is 15.1. The monoisotopic (exact) mass is 286 g/mol. The first kappa shape index (κ1) is 15.3. The molecule has 0 unspecified atom stereocenters. The third-order valence-electron chi connectivity index (χ3n) is 3.39. The number of carbonyl (C=O) groups excluding carboxylic acids is 1. The van der Waals surface area contributed by atoms with Crippen LogP contribution in [0.1, 0.15) is 35.9 Å². The van der Waals surface area contributed by atoms with Crippen molar-refractivity contribution >= 4 is 5.91 Å². The van der Waals surface area contributed by atoms with Gasteiger partial charge in [0.25, 0.3) is 5.91 Å². The number of nitrogens with one attached hydrogen (secondary N) is 1. The van der Waals surface area contributed by atoms with Crippen molar-refractivity contribution in [2.45, 2.75) is 26.2 Å². The molecule has 0 aliphatic rings. The molecule has 0 saturated carbocycles. The highest BCUT2D eigenvalue weighted by Crippen LogP contribution is 2.22. The fourth-order valence-corrected chi connectivity index (χ4v) is 2.08. The summed E-state index contributed by atoms with van der Waals surface area (Å²) >= 11 is 0. The molecule has 1 aromatic heterocycles. The molecule has 0 fully saturated rings. The minimum atomic E-state index is -0.177. The molecule has 1 amide bonds. The summed E-state index contributed by atoms with van der Waals surface area (Å²) in [6, 6.07) is 11.7. The van der Waals surface area contributed by atoms with Crippen LogP contribution in [-0.4, -0.2) is 19.0 Å². The van der Waals surface area contributed by atoms with Crippen LogP contribution in [0.15, 0.2) is 40.8 Å². The van der Waals surface area contributed by atoms with Gasteiger partial charge in [-0.1, -0.05) is 31.2 Å². The van der Waals surface area contributed by atoms with Gasteiger partial charge in [-0.25, -0.2) is 0 Å². The second kappa shape index (κ2) is 7.64. The Morgan fingerprint density at radius 3 is 2.57 bits per heavy atom. The summed E-state index contributed by atoms with van der Waals surface area (Å²) in [6.45, 7) is 3.39. The lowest BCUT2D eigenvalue weighted by molar-refractivity contribution is 0.0926. The van der Waals surface area contributed by atoms with E-state index < -0.39 is 0 Å². The van der Waals surface area contributed by atoms with E-state index in [0.717, 1.165) is 24.8 Å². The van der Waals surface area contributed by atoms with E-state index in [9.17, 15) is 4.79 Å².